The summed E-state index contributed by atoms with van der Waals surface area (Å²) in [7, 11) is -2.51. The van der Waals surface area contributed by atoms with Gasteiger partial charge in [-0.2, -0.15) is 0 Å². The van der Waals surface area contributed by atoms with E-state index in [0.29, 0.717) is 0 Å². The number of hydrogen-bond acceptors (Lipinski definition) is 4. The number of nitrogens with zero attached hydrogens (tertiary/aromatic N) is 1. The predicted octanol–water partition coefficient (Wildman–Crippen LogP) is 5.50. The first-order chi connectivity index (χ1) is 12.2. The Hall–Kier alpha value is 0.0569. The lowest BCUT2D eigenvalue weighted by atomic mass is 10.2. The van der Waals surface area contributed by atoms with Gasteiger partial charge in [0.15, 0.2) is 0 Å². The molecule has 0 aliphatic carbocycles. The Kier molecular flexibility index (Phi) is 17.5. The molecule has 0 bridgehead atoms. The zero-order valence-electron chi connectivity index (χ0n) is 17.8. The lowest BCUT2D eigenvalue weighted by molar-refractivity contribution is 0.0579. The smallest absolute Gasteiger partial charge is 0.373 e. The van der Waals surface area contributed by atoms with Crippen LogP contribution in [0, 0.1) is 0 Å². The molecule has 0 saturated heterocycles. The average Bonchev–Trinajstić information content (AvgIpc) is 2.64. The molecule has 0 saturated carbocycles. The van der Waals surface area contributed by atoms with Gasteiger partial charge in [-0.25, -0.2) is 0 Å². The van der Waals surface area contributed by atoms with Gasteiger partial charge in [-0.05, 0) is 58.2 Å². The summed E-state index contributed by atoms with van der Waals surface area (Å²) >= 11 is 0. The second-order valence-corrected chi connectivity index (χ2v) is 9.61. The largest absolute Gasteiger partial charge is 0.501 e. The van der Waals surface area contributed by atoms with Gasteiger partial charge in [0, 0.05) is 25.9 Å². The van der Waals surface area contributed by atoms with Gasteiger partial charge in [-0.3, -0.25) is 0 Å². The van der Waals surface area contributed by atoms with Crippen LogP contribution in [-0.2, 0) is 13.3 Å². The molecule has 0 aromatic rings. The van der Waals surface area contributed by atoms with E-state index in [-0.39, 0.29) is 0 Å². The summed E-state index contributed by atoms with van der Waals surface area (Å²) < 4.78 is 18.6. The molecule has 0 fully saturated rings. The molecule has 0 radical (unpaired) electrons. The van der Waals surface area contributed by atoms with Crippen LogP contribution in [0.2, 0.25) is 6.04 Å². The van der Waals surface area contributed by atoms with E-state index < -0.39 is 8.80 Å². The molecule has 0 aromatic heterocycles. The third kappa shape index (κ3) is 13.0. The summed E-state index contributed by atoms with van der Waals surface area (Å²) in [5.41, 5.74) is 0. The molecule has 0 rings (SSSR count). The van der Waals surface area contributed by atoms with Crippen molar-refractivity contribution in [3.63, 3.8) is 0 Å². The Labute approximate surface area is 159 Å². The van der Waals surface area contributed by atoms with Gasteiger partial charge >= 0.3 is 8.80 Å². The number of rotatable bonds is 19. The Bertz CT molecular complexity index is 250. The molecule has 5 heteroatoms. The number of unbranched alkanes of at least 4 members (excludes halogenated alkanes) is 2. The first kappa shape index (κ1) is 25.1. The standard InChI is InChI=1S/C20H45NO3Si/c1-6-11-14-21(15-12-7-2)16-13-20-25(22-17-8-3,23-18-9-4)24-19-10-5/h6-20H2,1-5H3. The second kappa shape index (κ2) is 17.5. The van der Waals surface area contributed by atoms with E-state index in [1.807, 2.05) is 0 Å². The van der Waals surface area contributed by atoms with Crippen LogP contribution in [0.25, 0.3) is 0 Å². The molecule has 0 aromatic carbocycles. The van der Waals surface area contributed by atoms with Crippen molar-refractivity contribution >= 4 is 8.80 Å². The first-order valence-electron chi connectivity index (χ1n) is 10.8. The molecule has 0 heterocycles. The van der Waals surface area contributed by atoms with Gasteiger partial charge in [-0.1, -0.05) is 47.5 Å². The molecular weight excluding hydrogens is 330 g/mol. The Morgan fingerprint density at radius 3 is 1.32 bits per heavy atom. The summed E-state index contributed by atoms with van der Waals surface area (Å²) in [6, 6.07) is 0.946. The summed E-state index contributed by atoms with van der Waals surface area (Å²) in [6.45, 7) is 16.8. The third-order valence-electron chi connectivity index (χ3n) is 4.19. The monoisotopic (exact) mass is 375 g/mol. The molecule has 0 aliphatic heterocycles. The van der Waals surface area contributed by atoms with Crippen molar-refractivity contribution in [1.29, 1.82) is 0 Å². The quantitative estimate of drug-likeness (QED) is 0.279. The third-order valence-corrected chi connectivity index (χ3v) is 7.09. The summed E-state index contributed by atoms with van der Waals surface area (Å²) in [4.78, 5) is 2.62. The molecule has 25 heavy (non-hydrogen) atoms. The van der Waals surface area contributed by atoms with E-state index in [1.54, 1.807) is 0 Å². The van der Waals surface area contributed by atoms with E-state index in [4.69, 9.17) is 13.3 Å². The number of hydrogen-bond donors (Lipinski definition) is 0. The van der Waals surface area contributed by atoms with Gasteiger partial charge in [0.25, 0.3) is 0 Å². The highest BCUT2D eigenvalue weighted by atomic mass is 28.4. The van der Waals surface area contributed by atoms with Crippen LogP contribution < -0.4 is 0 Å². The fourth-order valence-corrected chi connectivity index (χ4v) is 5.55. The Balaban J connectivity index is 4.64. The minimum Gasteiger partial charge on any atom is -0.373 e. The predicted molar refractivity (Wildman–Crippen MR) is 110 cm³/mol. The van der Waals surface area contributed by atoms with Gasteiger partial charge in [0.05, 0.1) is 0 Å². The highest BCUT2D eigenvalue weighted by Crippen LogP contribution is 2.20. The van der Waals surface area contributed by atoms with Gasteiger partial charge in [0.1, 0.15) is 0 Å². The molecule has 0 aliphatic rings. The minimum absolute atomic E-state index is 0.745. The first-order valence-corrected chi connectivity index (χ1v) is 12.7. The van der Waals surface area contributed by atoms with Gasteiger partial charge in [0.2, 0.25) is 0 Å². The molecular formula is C20H45NO3Si. The van der Waals surface area contributed by atoms with Crippen molar-refractivity contribution in [2.24, 2.45) is 0 Å². The molecule has 0 spiro atoms. The van der Waals surface area contributed by atoms with Crippen LogP contribution in [-0.4, -0.2) is 53.2 Å². The fourth-order valence-electron chi connectivity index (χ4n) is 2.73. The van der Waals surface area contributed by atoms with E-state index in [1.165, 1.54) is 38.8 Å². The minimum atomic E-state index is -2.51. The van der Waals surface area contributed by atoms with Gasteiger partial charge in [-0.15, -0.1) is 0 Å². The maximum absolute atomic E-state index is 6.20. The van der Waals surface area contributed by atoms with Crippen LogP contribution in [0.4, 0.5) is 0 Å². The van der Waals surface area contributed by atoms with Crippen LogP contribution >= 0.6 is 0 Å². The maximum Gasteiger partial charge on any atom is 0.501 e. The van der Waals surface area contributed by atoms with Crippen molar-refractivity contribution in [2.45, 2.75) is 92.0 Å². The maximum atomic E-state index is 6.20. The van der Waals surface area contributed by atoms with E-state index >= 15 is 0 Å². The topological polar surface area (TPSA) is 30.9 Å². The summed E-state index contributed by atoms with van der Waals surface area (Å²) in [6.07, 6.45) is 9.25. The van der Waals surface area contributed by atoms with E-state index in [0.717, 1.165) is 58.1 Å². The lowest BCUT2D eigenvalue weighted by Crippen LogP contribution is -2.47. The zero-order chi connectivity index (χ0) is 18.8. The van der Waals surface area contributed by atoms with Gasteiger partial charge < -0.3 is 18.2 Å². The highest BCUT2D eigenvalue weighted by Gasteiger charge is 2.40. The SMILES string of the molecule is CCCCN(CCCC)CCC[Si](OCCC)(OCCC)OCCC. The molecule has 0 N–H and O–H groups in total. The molecule has 0 atom stereocenters. The molecule has 0 amide bonds. The van der Waals surface area contributed by atoms with E-state index in [2.05, 4.69) is 39.5 Å². The Morgan fingerprint density at radius 2 is 0.960 bits per heavy atom. The summed E-state index contributed by atoms with van der Waals surface area (Å²) in [5.74, 6) is 0. The van der Waals surface area contributed by atoms with E-state index in [9.17, 15) is 0 Å². The van der Waals surface area contributed by atoms with Crippen molar-refractivity contribution in [3.8, 4) is 0 Å². The lowest BCUT2D eigenvalue weighted by Gasteiger charge is -2.30. The van der Waals surface area contributed by atoms with Crippen LogP contribution in [0.15, 0.2) is 0 Å². The van der Waals surface area contributed by atoms with Crippen LogP contribution in [0.3, 0.4) is 0 Å². The van der Waals surface area contributed by atoms with Crippen molar-refractivity contribution in [2.75, 3.05) is 39.5 Å². The highest BCUT2D eigenvalue weighted by molar-refractivity contribution is 6.60. The molecule has 152 valence electrons. The molecule has 4 nitrogen and oxygen atoms in total. The fraction of sp³-hybridized carbons (Fsp3) is 1.00. The second-order valence-electron chi connectivity index (χ2n) is 6.88. The van der Waals surface area contributed by atoms with Crippen molar-refractivity contribution in [1.82, 2.24) is 4.90 Å². The van der Waals surface area contributed by atoms with Crippen molar-refractivity contribution < 1.29 is 13.3 Å². The Morgan fingerprint density at radius 1 is 0.560 bits per heavy atom. The summed E-state index contributed by atoms with van der Waals surface area (Å²) in [5, 5.41) is 0. The van der Waals surface area contributed by atoms with Crippen molar-refractivity contribution in [3.05, 3.63) is 0 Å². The normalized spacial score (nSPS) is 12.2. The van der Waals surface area contributed by atoms with Crippen LogP contribution in [0.1, 0.15) is 86.0 Å². The van der Waals surface area contributed by atoms with Crippen LogP contribution in [0.5, 0.6) is 0 Å². The zero-order valence-corrected chi connectivity index (χ0v) is 18.8. The average molecular weight is 376 g/mol. The molecule has 0 unspecified atom stereocenters.